The molecule has 0 radical (unpaired) electrons. The first-order chi connectivity index (χ1) is 19.5. The van der Waals surface area contributed by atoms with Gasteiger partial charge in [0.05, 0.1) is 45.7 Å². The average Bonchev–Trinajstić information content (AvgIpc) is 3.64. The molecule has 1 saturated carbocycles. The smallest absolute Gasteiger partial charge is 0.233 e. The van der Waals surface area contributed by atoms with Crippen LogP contribution < -0.4 is 14.4 Å². The van der Waals surface area contributed by atoms with Crippen LogP contribution in [0.4, 0.5) is 5.82 Å². The van der Waals surface area contributed by atoms with Crippen LogP contribution in [0.2, 0.25) is 5.02 Å². The van der Waals surface area contributed by atoms with Crippen LogP contribution in [-0.4, -0.2) is 56.3 Å². The molecule has 1 amide bonds. The van der Waals surface area contributed by atoms with Gasteiger partial charge in [0.1, 0.15) is 28.6 Å². The maximum atomic E-state index is 14.4. The Balaban J connectivity index is 1.44. The number of rotatable bonds is 9. The number of furan rings is 1. The average molecular weight is 562 g/mol. The van der Waals surface area contributed by atoms with E-state index in [2.05, 4.69) is 11.0 Å². The topological polar surface area (TPSA) is 77.3 Å². The van der Waals surface area contributed by atoms with Crippen molar-refractivity contribution in [2.75, 3.05) is 45.4 Å². The molecule has 0 unspecified atom stereocenters. The summed E-state index contributed by atoms with van der Waals surface area (Å²) in [5.41, 5.74) is 2.06. The van der Waals surface area contributed by atoms with Crippen molar-refractivity contribution in [2.45, 2.75) is 31.3 Å². The van der Waals surface area contributed by atoms with Crippen LogP contribution in [0.15, 0.2) is 65.3 Å². The zero-order valence-corrected chi connectivity index (χ0v) is 23.4. The molecule has 8 nitrogen and oxygen atoms in total. The van der Waals surface area contributed by atoms with Gasteiger partial charge >= 0.3 is 0 Å². The van der Waals surface area contributed by atoms with Crippen LogP contribution in [0, 0.1) is 0 Å². The number of carbonyl (C=O) groups is 1. The second kappa shape index (κ2) is 11.0. The standard InChI is InChI=1S/C31H32ClN3O5/c1-37-26-9-10-27(38-2)28-25(26)18-21(29(33-28)34-13-16-39-17-14-34)19-35(20-24-4-3-15-40-24)30(36)31(11-12-31)22-5-7-23(32)8-6-22/h3-10,15,18H,11-14,16-17,19-20H2,1-2H3. The predicted octanol–water partition coefficient (Wildman–Crippen LogP) is 5.60. The Hall–Kier alpha value is -3.75. The van der Waals surface area contributed by atoms with Crippen molar-refractivity contribution in [3.8, 4) is 11.5 Å². The number of hydrogen-bond acceptors (Lipinski definition) is 7. The lowest BCUT2D eigenvalue weighted by atomic mass is 9.94. The number of halogens is 1. The summed E-state index contributed by atoms with van der Waals surface area (Å²) in [4.78, 5) is 23.6. The van der Waals surface area contributed by atoms with Crippen molar-refractivity contribution in [2.24, 2.45) is 0 Å². The van der Waals surface area contributed by atoms with Crippen LogP contribution >= 0.6 is 11.6 Å². The molecular weight excluding hydrogens is 530 g/mol. The molecule has 0 atom stereocenters. The Labute approximate surface area is 238 Å². The first kappa shape index (κ1) is 26.5. The first-order valence-electron chi connectivity index (χ1n) is 13.5. The summed E-state index contributed by atoms with van der Waals surface area (Å²) in [6.45, 7) is 3.34. The Morgan fingerprint density at radius 2 is 1.75 bits per heavy atom. The van der Waals surface area contributed by atoms with Gasteiger partial charge in [0.15, 0.2) is 0 Å². The number of ether oxygens (including phenoxy) is 3. The molecule has 1 saturated heterocycles. The van der Waals surface area contributed by atoms with Crippen molar-refractivity contribution < 1.29 is 23.4 Å². The molecule has 0 N–H and O–H groups in total. The third-order valence-electron chi connectivity index (χ3n) is 7.85. The van der Waals surface area contributed by atoms with Gasteiger partial charge in [-0.3, -0.25) is 4.79 Å². The fourth-order valence-corrected chi connectivity index (χ4v) is 5.69. The van der Waals surface area contributed by atoms with Crippen LogP contribution in [0.1, 0.15) is 29.7 Å². The minimum absolute atomic E-state index is 0.0665. The number of fused-ring (bicyclic) bond motifs is 1. The number of carbonyl (C=O) groups excluding carboxylic acids is 1. The molecule has 3 heterocycles. The molecule has 2 aromatic heterocycles. The zero-order valence-electron chi connectivity index (χ0n) is 22.7. The fraction of sp³-hybridized carbons (Fsp3) is 0.355. The number of anilines is 1. The minimum Gasteiger partial charge on any atom is -0.496 e. The zero-order chi connectivity index (χ0) is 27.7. The van der Waals surface area contributed by atoms with Crippen LogP contribution in [0.5, 0.6) is 11.5 Å². The first-order valence-corrected chi connectivity index (χ1v) is 13.9. The SMILES string of the molecule is COc1ccc(OC)c2nc(N3CCOCC3)c(CN(Cc3ccco3)C(=O)C3(c4ccc(Cl)cc4)CC3)cc12. The maximum absolute atomic E-state index is 14.4. The quantitative estimate of drug-likeness (QED) is 0.263. The number of aromatic nitrogens is 1. The summed E-state index contributed by atoms with van der Waals surface area (Å²) >= 11 is 6.16. The predicted molar refractivity (Wildman–Crippen MR) is 153 cm³/mol. The van der Waals surface area contributed by atoms with Gasteiger partial charge in [0, 0.05) is 35.6 Å². The molecule has 2 aromatic carbocycles. The van der Waals surface area contributed by atoms with Gasteiger partial charge in [-0.05, 0) is 60.9 Å². The second-order valence-corrected chi connectivity index (χ2v) is 10.7. The van der Waals surface area contributed by atoms with E-state index >= 15 is 0 Å². The van der Waals surface area contributed by atoms with Gasteiger partial charge in [-0.2, -0.15) is 0 Å². The molecule has 2 aliphatic rings. The summed E-state index contributed by atoms with van der Waals surface area (Å²) in [5.74, 6) is 2.97. The summed E-state index contributed by atoms with van der Waals surface area (Å²) in [5, 5.41) is 1.49. The van der Waals surface area contributed by atoms with Gasteiger partial charge in [0.25, 0.3) is 0 Å². The fourth-order valence-electron chi connectivity index (χ4n) is 5.57. The normalized spacial score (nSPS) is 16.1. The van der Waals surface area contributed by atoms with Crippen molar-refractivity contribution in [1.29, 1.82) is 0 Å². The summed E-state index contributed by atoms with van der Waals surface area (Å²) < 4.78 is 22.7. The van der Waals surface area contributed by atoms with E-state index in [4.69, 9.17) is 35.2 Å². The van der Waals surface area contributed by atoms with E-state index in [1.807, 2.05) is 53.4 Å². The minimum atomic E-state index is -0.568. The van der Waals surface area contributed by atoms with Gasteiger partial charge in [-0.15, -0.1) is 0 Å². The highest BCUT2D eigenvalue weighted by atomic mass is 35.5. The van der Waals surface area contributed by atoms with Crippen molar-refractivity contribution >= 4 is 34.2 Å². The monoisotopic (exact) mass is 561 g/mol. The van der Waals surface area contributed by atoms with Crippen molar-refractivity contribution in [3.05, 3.63) is 82.8 Å². The summed E-state index contributed by atoms with van der Waals surface area (Å²) in [6.07, 6.45) is 3.22. The molecule has 40 heavy (non-hydrogen) atoms. The molecule has 208 valence electrons. The molecule has 0 spiro atoms. The molecule has 1 aliphatic heterocycles. The Kier molecular flexibility index (Phi) is 7.29. The Morgan fingerprint density at radius 1 is 1.02 bits per heavy atom. The molecule has 0 bridgehead atoms. The summed E-state index contributed by atoms with van der Waals surface area (Å²) in [6, 6.07) is 17.2. The Bertz CT molecular complexity index is 1500. The number of nitrogens with zero attached hydrogens (tertiary/aromatic N) is 3. The third-order valence-corrected chi connectivity index (χ3v) is 8.10. The highest BCUT2D eigenvalue weighted by Crippen LogP contribution is 2.50. The highest BCUT2D eigenvalue weighted by molar-refractivity contribution is 6.30. The maximum Gasteiger partial charge on any atom is 0.233 e. The number of hydrogen-bond donors (Lipinski definition) is 0. The van der Waals surface area contributed by atoms with E-state index in [0.717, 1.165) is 46.4 Å². The lowest BCUT2D eigenvalue weighted by molar-refractivity contribution is -0.135. The molecule has 1 aliphatic carbocycles. The molecule has 6 rings (SSSR count). The van der Waals surface area contributed by atoms with Crippen LogP contribution in [-0.2, 0) is 28.0 Å². The van der Waals surface area contributed by atoms with E-state index in [0.29, 0.717) is 55.9 Å². The Morgan fingerprint density at radius 3 is 2.40 bits per heavy atom. The van der Waals surface area contributed by atoms with E-state index in [-0.39, 0.29) is 5.91 Å². The number of pyridine rings is 1. The number of amides is 1. The molecule has 2 fully saturated rings. The van der Waals surface area contributed by atoms with E-state index in [9.17, 15) is 4.79 Å². The van der Waals surface area contributed by atoms with E-state index in [1.165, 1.54) is 0 Å². The van der Waals surface area contributed by atoms with E-state index in [1.54, 1.807) is 20.5 Å². The molecule has 9 heteroatoms. The number of morpholine rings is 1. The lowest BCUT2D eigenvalue weighted by Gasteiger charge is -2.32. The van der Waals surface area contributed by atoms with E-state index < -0.39 is 5.41 Å². The van der Waals surface area contributed by atoms with Crippen LogP contribution in [0.25, 0.3) is 10.9 Å². The highest BCUT2D eigenvalue weighted by Gasteiger charge is 2.53. The van der Waals surface area contributed by atoms with Gasteiger partial charge in [-0.25, -0.2) is 4.98 Å². The molecular formula is C31H32ClN3O5. The van der Waals surface area contributed by atoms with Crippen molar-refractivity contribution in [3.63, 3.8) is 0 Å². The van der Waals surface area contributed by atoms with Gasteiger partial charge in [0.2, 0.25) is 5.91 Å². The molecule has 4 aromatic rings. The van der Waals surface area contributed by atoms with Gasteiger partial charge in [-0.1, -0.05) is 23.7 Å². The van der Waals surface area contributed by atoms with Crippen LogP contribution in [0.3, 0.4) is 0 Å². The lowest BCUT2D eigenvalue weighted by Crippen LogP contribution is -2.40. The summed E-state index contributed by atoms with van der Waals surface area (Å²) in [7, 11) is 3.29. The second-order valence-electron chi connectivity index (χ2n) is 10.3. The number of methoxy groups -OCH3 is 2. The largest absolute Gasteiger partial charge is 0.496 e. The van der Waals surface area contributed by atoms with Gasteiger partial charge < -0.3 is 28.4 Å². The third kappa shape index (κ3) is 4.97. The van der Waals surface area contributed by atoms with Crippen molar-refractivity contribution in [1.82, 2.24) is 9.88 Å². The number of benzene rings is 2.